The highest BCUT2D eigenvalue weighted by Crippen LogP contribution is 2.41. The molecule has 0 unspecified atom stereocenters. The van der Waals surface area contributed by atoms with Gasteiger partial charge in [-0.05, 0) is 24.1 Å². The molecule has 4 aromatic rings. The van der Waals surface area contributed by atoms with Gasteiger partial charge in [0.1, 0.15) is 17.4 Å². The molecule has 0 aliphatic rings. The van der Waals surface area contributed by atoms with E-state index < -0.39 is 0 Å². The summed E-state index contributed by atoms with van der Waals surface area (Å²) in [6, 6.07) is 29.1. The number of aryl methyl sites for hydroxylation is 1. The van der Waals surface area contributed by atoms with Crippen molar-refractivity contribution in [3.8, 4) is 28.5 Å². The van der Waals surface area contributed by atoms with Crippen LogP contribution in [0.2, 0.25) is 0 Å². The van der Waals surface area contributed by atoms with Gasteiger partial charge in [-0.15, -0.1) is 0 Å². The molecule has 0 fully saturated rings. The SMILES string of the molecule is Cc1ccc(/C=C/C(=O)Nc2oc(-c3ccccc3)c(-c3ccccc3)c2C#N)cc1. The standard InChI is InChI=1S/C27H20N2O2/c1-19-12-14-20(15-13-19)16-17-24(30)29-27-23(18-28)25(21-8-4-2-5-9-21)26(31-27)22-10-6-3-7-11-22/h2-17H,1H3,(H,29,30)/b17-16+. The maximum atomic E-state index is 12.5. The number of hydrogen-bond donors (Lipinski definition) is 1. The zero-order valence-corrected chi connectivity index (χ0v) is 17.0. The van der Waals surface area contributed by atoms with Crippen LogP contribution in [0.1, 0.15) is 16.7 Å². The number of nitrogens with zero attached hydrogens (tertiary/aromatic N) is 1. The van der Waals surface area contributed by atoms with E-state index in [0.29, 0.717) is 16.9 Å². The van der Waals surface area contributed by atoms with E-state index in [1.165, 1.54) is 6.08 Å². The Hall–Kier alpha value is -4.36. The monoisotopic (exact) mass is 404 g/mol. The van der Waals surface area contributed by atoms with Crippen molar-refractivity contribution in [1.29, 1.82) is 5.26 Å². The minimum absolute atomic E-state index is 0.138. The second kappa shape index (κ2) is 8.98. The van der Waals surface area contributed by atoms with Crippen molar-refractivity contribution in [1.82, 2.24) is 0 Å². The maximum Gasteiger partial charge on any atom is 0.250 e. The van der Waals surface area contributed by atoms with Crippen molar-refractivity contribution >= 4 is 17.9 Å². The molecule has 0 atom stereocenters. The van der Waals surface area contributed by atoms with Crippen LogP contribution < -0.4 is 5.32 Å². The normalized spacial score (nSPS) is 10.7. The molecular weight excluding hydrogens is 384 g/mol. The van der Waals surface area contributed by atoms with Gasteiger partial charge in [0.2, 0.25) is 5.88 Å². The molecule has 4 rings (SSSR count). The van der Waals surface area contributed by atoms with E-state index in [1.807, 2.05) is 91.9 Å². The van der Waals surface area contributed by atoms with Crippen molar-refractivity contribution in [2.45, 2.75) is 6.92 Å². The minimum Gasteiger partial charge on any atom is -0.438 e. The summed E-state index contributed by atoms with van der Waals surface area (Å²) in [4.78, 5) is 12.5. The Bertz CT molecular complexity index is 1260. The lowest BCUT2D eigenvalue weighted by molar-refractivity contribution is -0.111. The Morgan fingerprint density at radius 1 is 0.903 bits per heavy atom. The Labute approximate surface area is 181 Å². The van der Waals surface area contributed by atoms with Crippen LogP contribution in [0.5, 0.6) is 0 Å². The minimum atomic E-state index is -0.370. The highest BCUT2D eigenvalue weighted by molar-refractivity contribution is 6.03. The largest absolute Gasteiger partial charge is 0.438 e. The van der Waals surface area contributed by atoms with Crippen LogP contribution in [-0.2, 0) is 4.79 Å². The van der Waals surface area contributed by atoms with Gasteiger partial charge in [-0.2, -0.15) is 5.26 Å². The molecule has 1 N–H and O–H groups in total. The van der Waals surface area contributed by atoms with E-state index in [-0.39, 0.29) is 11.8 Å². The van der Waals surface area contributed by atoms with Crippen molar-refractivity contribution in [3.63, 3.8) is 0 Å². The first-order valence-electron chi connectivity index (χ1n) is 9.89. The fourth-order valence-electron chi connectivity index (χ4n) is 3.30. The van der Waals surface area contributed by atoms with E-state index >= 15 is 0 Å². The first kappa shape index (κ1) is 19.9. The molecule has 0 aliphatic carbocycles. The van der Waals surface area contributed by atoms with E-state index in [0.717, 1.165) is 22.3 Å². The molecule has 1 aromatic heterocycles. The van der Waals surface area contributed by atoms with Gasteiger partial charge in [-0.1, -0.05) is 90.5 Å². The first-order valence-corrected chi connectivity index (χ1v) is 9.89. The van der Waals surface area contributed by atoms with Gasteiger partial charge < -0.3 is 4.42 Å². The lowest BCUT2D eigenvalue weighted by Gasteiger charge is -2.03. The van der Waals surface area contributed by atoms with Gasteiger partial charge in [0.15, 0.2) is 0 Å². The zero-order valence-electron chi connectivity index (χ0n) is 17.0. The quantitative estimate of drug-likeness (QED) is 0.389. The molecule has 1 heterocycles. The Morgan fingerprint density at radius 2 is 1.52 bits per heavy atom. The Balaban J connectivity index is 1.71. The van der Waals surface area contributed by atoms with Crippen molar-refractivity contribution in [2.75, 3.05) is 5.32 Å². The molecule has 0 bridgehead atoms. The molecule has 0 saturated carbocycles. The highest BCUT2D eigenvalue weighted by atomic mass is 16.4. The summed E-state index contributed by atoms with van der Waals surface area (Å²) in [5, 5.41) is 12.6. The molecule has 4 nitrogen and oxygen atoms in total. The third-order valence-corrected chi connectivity index (χ3v) is 4.86. The van der Waals surface area contributed by atoms with Crippen molar-refractivity contribution < 1.29 is 9.21 Å². The number of carbonyl (C=O) groups is 1. The molecule has 0 saturated heterocycles. The summed E-state index contributed by atoms with van der Waals surface area (Å²) in [5.41, 5.74) is 4.69. The molecule has 4 heteroatoms. The maximum absolute atomic E-state index is 12.5. The number of benzene rings is 3. The van der Waals surface area contributed by atoms with Crippen LogP contribution in [0.3, 0.4) is 0 Å². The Morgan fingerprint density at radius 3 is 2.13 bits per heavy atom. The molecule has 3 aromatic carbocycles. The first-order chi connectivity index (χ1) is 15.2. The number of nitrogens with one attached hydrogen (secondary N) is 1. The number of furan rings is 1. The van der Waals surface area contributed by atoms with Crippen LogP contribution in [0.25, 0.3) is 28.5 Å². The molecule has 31 heavy (non-hydrogen) atoms. The third-order valence-electron chi connectivity index (χ3n) is 4.86. The van der Waals surface area contributed by atoms with Crippen LogP contribution in [-0.4, -0.2) is 5.91 Å². The van der Waals surface area contributed by atoms with Gasteiger partial charge in [-0.3, -0.25) is 10.1 Å². The average Bonchev–Trinajstić information content (AvgIpc) is 3.18. The van der Waals surface area contributed by atoms with Crippen LogP contribution in [0, 0.1) is 18.3 Å². The molecule has 0 aliphatic heterocycles. The van der Waals surface area contributed by atoms with Crippen LogP contribution >= 0.6 is 0 Å². The molecule has 150 valence electrons. The summed E-state index contributed by atoms with van der Waals surface area (Å²) >= 11 is 0. The summed E-state index contributed by atoms with van der Waals surface area (Å²) in [6.07, 6.45) is 3.15. The highest BCUT2D eigenvalue weighted by Gasteiger charge is 2.23. The lowest BCUT2D eigenvalue weighted by atomic mass is 9.98. The van der Waals surface area contributed by atoms with Gasteiger partial charge >= 0.3 is 0 Å². The van der Waals surface area contributed by atoms with Gasteiger partial charge in [0, 0.05) is 17.2 Å². The van der Waals surface area contributed by atoms with Crippen molar-refractivity contribution in [2.24, 2.45) is 0 Å². The lowest BCUT2D eigenvalue weighted by Crippen LogP contribution is -2.08. The molecule has 0 radical (unpaired) electrons. The van der Waals surface area contributed by atoms with E-state index in [1.54, 1.807) is 6.08 Å². The molecule has 0 spiro atoms. The second-order valence-corrected chi connectivity index (χ2v) is 7.09. The topological polar surface area (TPSA) is 66.0 Å². The smallest absolute Gasteiger partial charge is 0.250 e. The second-order valence-electron chi connectivity index (χ2n) is 7.09. The predicted octanol–water partition coefficient (Wildman–Crippen LogP) is 6.45. The van der Waals surface area contributed by atoms with E-state index in [9.17, 15) is 10.1 Å². The zero-order chi connectivity index (χ0) is 21.6. The Kier molecular flexibility index (Phi) is 5.77. The number of anilines is 1. The van der Waals surface area contributed by atoms with Crippen LogP contribution in [0.15, 0.2) is 95.4 Å². The van der Waals surface area contributed by atoms with Crippen LogP contribution in [0.4, 0.5) is 5.88 Å². The predicted molar refractivity (Wildman–Crippen MR) is 123 cm³/mol. The molecular formula is C27H20N2O2. The number of amides is 1. The summed E-state index contributed by atoms with van der Waals surface area (Å²) < 4.78 is 6.03. The third kappa shape index (κ3) is 4.47. The fourth-order valence-corrected chi connectivity index (χ4v) is 3.30. The number of nitriles is 1. The molecule has 1 amide bonds. The average molecular weight is 404 g/mol. The van der Waals surface area contributed by atoms with Gasteiger partial charge in [0.05, 0.1) is 0 Å². The summed E-state index contributed by atoms with van der Waals surface area (Å²) in [7, 11) is 0. The van der Waals surface area contributed by atoms with E-state index in [2.05, 4.69) is 11.4 Å². The fraction of sp³-hybridized carbons (Fsp3) is 0.0370. The van der Waals surface area contributed by atoms with Gasteiger partial charge in [-0.25, -0.2) is 0 Å². The number of hydrogen-bond acceptors (Lipinski definition) is 3. The number of rotatable bonds is 5. The van der Waals surface area contributed by atoms with Crippen molar-refractivity contribution in [3.05, 3.63) is 108 Å². The van der Waals surface area contributed by atoms with E-state index in [4.69, 9.17) is 4.42 Å². The summed E-state index contributed by atoms with van der Waals surface area (Å²) in [5.74, 6) is 0.310. The number of carbonyl (C=O) groups excluding carboxylic acids is 1. The summed E-state index contributed by atoms with van der Waals surface area (Å²) in [6.45, 7) is 2.01. The van der Waals surface area contributed by atoms with Gasteiger partial charge in [0.25, 0.3) is 5.91 Å².